The van der Waals surface area contributed by atoms with Crippen molar-refractivity contribution in [1.29, 1.82) is 0 Å². The van der Waals surface area contributed by atoms with Crippen molar-refractivity contribution in [2.45, 2.75) is 17.9 Å². The zero-order chi connectivity index (χ0) is 24.7. The highest BCUT2D eigenvalue weighted by Crippen LogP contribution is 2.20. The van der Waals surface area contributed by atoms with E-state index < -0.39 is 22.5 Å². The Kier molecular flexibility index (Phi) is 8.04. The smallest absolute Gasteiger partial charge is 0.253 e. The van der Waals surface area contributed by atoms with Gasteiger partial charge in [0.05, 0.1) is 35.8 Å². The van der Waals surface area contributed by atoms with E-state index in [1.165, 1.54) is 38.4 Å². The Labute approximate surface area is 199 Å². The maximum atomic E-state index is 12.9. The van der Waals surface area contributed by atoms with E-state index in [0.29, 0.717) is 11.4 Å². The number of benzene rings is 3. The fourth-order valence-corrected chi connectivity index (χ4v) is 4.42. The molecule has 0 heterocycles. The van der Waals surface area contributed by atoms with Crippen LogP contribution in [0.25, 0.3) is 0 Å². The number of likely N-dealkylation sites (N-methyl/N-ethyl adjacent to an activating group) is 1. The van der Waals surface area contributed by atoms with E-state index in [9.17, 15) is 18.0 Å². The number of carbonyl (C=O) groups is 2. The molecule has 3 aromatic rings. The van der Waals surface area contributed by atoms with Crippen LogP contribution in [-0.2, 0) is 14.8 Å². The summed E-state index contributed by atoms with van der Waals surface area (Å²) in [7, 11) is -1.08. The van der Waals surface area contributed by atoms with Gasteiger partial charge in [0, 0.05) is 7.05 Å². The van der Waals surface area contributed by atoms with Gasteiger partial charge in [-0.1, -0.05) is 42.5 Å². The first kappa shape index (κ1) is 24.9. The van der Waals surface area contributed by atoms with Crippen molar-refractivity contribution in [3.63, 3.8) is 0 Å². The van der Waals surface area contributed by atoms with Crippen LogP contribution < -0.4 is 15.4 Å². The number of rotatable bonds is 9. The van der Waals surface area contributed by atoms with Crippen LogP contribution in [-0.4, -0.2) is 45.2 Å². The summed E-state index contributed by atoms with van der Waals surface area (Å²) in [6.45, 7) is 1.44. The average molecular weight is 482 g/mol. The predicted molar refractivity (Wildman–Crippen MR) is 130 cm³/mol. The largest absolute Gasteiger partial charge is 0.497 e. The molecule has 1 atom stereocenters. The molecule has 0 aliphatic heterocycles. The Morgan fingerprint density at radius 2 is 1.56 bits per heavy atom. The van der Waals surface area contributed by atoms with Gasteiger partial charge in [-0.3, -0.25) is 9.59 Å². The molecule has 34 heavy (non-hydrogen) atoms. The van der Waals surface area contributed by atoms with Gasteiger partial charge in [0.25, 0.3) is 5.91 Å². The summed E-state index contributed by atoms with van der Waals surface area (Å²) in [5, 5.41) is 5.57. The second-order valence-corrected chi connectivity index (χ2v) is 9.68. The third-order valence-electron chi connectivity index (χ3n) is 5.23. The number of nitrogens with zero attached hydrogens (tertiary/aromatic N) is 1. The number of methoxy groups -OCH3 is 1. The summed E-state index contributed by atoms with van der Waals surface area (Å²) in [6.07, 6.45) is 0. The Morgan fingerprint density at radius 3 is 2.21 bits per heavy atom. The van der Waals surface area contributed by atoms with Crippen molar-refractivity contribution >= 4 is 27.5 Å². The lowest BCUT2D eigenvalue weighted by Gasteiger charge is -2.19. The molecule has 0 bridgehead atoms. The maximum Gasteiger partial charge on any atom is 0.253 e. The van der Waals surface area contributed by atoms with Gasteiger partial charge in [-0.15, -0.1) is 0 Å². The molecule has 178 valence electrons. The van der Waals surface area contributed by atoms with Gasteiger partial charge < -0.3 is 15.4 Å². The number of nitrogens with one attached hydrogen (secondary N) is 2. The highest BCUT2D eigenvalue weighted by atomic mass is 32.2. The summed E-state index contributed by atoms with van der Waals surface area (Å²) >= 11 is 0. The monoisotopic (exact) mass is 481 g/mol. The quantitative estimate of drug-likeness (QED) is 0.487. The van der Waals surface area contributed by atoms with Gasteiger partial charge in [-0.2, -0.15) is 4.31 Å². The van der Waals surface area contributed by atoms with Crippen molar-refractivity contribution in [2.24, 2.45) is 0 Å². The first-order valence-corrected chi connectivity index (χ1v) is 12.0. The summed E-state index contributed by atoms with van der Waals surface area (Å²) in [6, 6.07) is 21.7. The lowest BCUT2D eigenvalue weighted by atomic mass is 10.1. The Hall–Kier alpha value is -3.69. The van der Waals surface area contributed by atoms with E-state index in [1.54, 1.807) is 24.3 Å². The molecule has 3 rings (SSSR count). The Balaban J connectivity index is 1.68. The minimum Gasteiger partial charge on any atom is -0.497 e. The summed E-state index contributed by atoms with van der Waals surface area (Å²) < 4.78 is 31.6. The number of hydrogen-bond donors (Lipinski definition) is 2. The molecule has 2 amide bonds. The Morgan fingerprint density at radius 1 is 0.941 bits per heavy atom. The molecule has 3 aromatic carbocycles. The summed E-state index contributed by atoms with van der Waals surface area (Å²) in [5.41, 5.74) is 1.52. The number of para-hydroxylation sites is 1. The SMILES string of the molecule is COc1ccc(S(=O)(=O)N(C)CC(=O)Nc2ccccc2C(=O)NC(C)c2ccccc2)cc1. The van der Waals surface area contributed by atoms with E-state index in [-0.39, 0.29) is 22.4 Å². The minimum absolute atomic E-state index is 0.0401. The number of carbonyl (C=O) groups excluding carboxylic acids is 2. The molecule has 2 N–H and O–H groups in total. The standard InChI is InChI=1S/C25H27N3O5S/c1-18(19-9-5-4-6-10-19)26-25(30)22-11-7-8-12-23(22)27-24(29)17-28(2)34(31,32)21-15-13-20(33-3)14-16-21/h4-16,18H,17H2,1-3H3,(H,26,30)(H,27,29). The molecule has 9 heteroatoms. The van der Waals surface area contributed by atoms with Gasteiger partial charge in [0.2, 0.25) is 15.9 Å². The van der Waals surface area contributed by atoms with Gasteiger partial charge >= 0.3 is 0 Å². The normalized spacial score (nSPS) is 12.1. The van der Waals surface area contributed by atoms with Gasteiger partial charge in [-0.25, -0.2) is 8.42 Å². The first-order valence-electron chi connectivity index (χ1n) is 10.6. The lowest BCUT2D eigenvalue weighted by Crippen LogP contribution is -2.35. The Bertz CT molecular complexity index is 1250. The zero-order valence-corrected chi connectivity index (χ0v) is 20.0. The van der Waals surface area contributed by atoms with Crippen LogP contribution >= 0.6 is 0 Å². The minimum atomic E-state index is -3.89. The van der Waals surface area contributed by atoms with Crippen LogP contribution in [0.5, 0.6) is 5.75 Å². The number of amides is 2. The summed E-state index contributed by atoms with van der Waals surface area (Å²) in [4.78, 5) is 25.6. The molecule has 1 unspecified atom stereocenters. The van der Waals surface area contributed by atoms with Crippen LogP contribution in [0.4, 0.5) is 5.69 Å². The van der Waals surface area contributed by atoms with Crippen molar-refractivity contribution in [1.82, 2.24) is 9.62 Å². The van der Waals surface area contributed by atoms with E-state index in [2.05, 4.69) is 10.6 Å². The zero-order valence-electron chi connectivity index (χ0n) is 19.2. The van der Waals surface area contributed by atoms with Crippen molar-refractivity contribution in [2.75, 3.05) is 26.0 Å². The van der Waals surface area contributed by atoms with Crippen LogP contribution in [0.1, 0.15) is 28.9 Å². The lowest BCUT2D eigenvalue weighted by molar-refractivity contribution is -0.116. The van der Waals surface area contributed by atoms with Crippen molar-refractivity contribution in [3.05, 3.63) is 90.0 Å². The van der Waals surface area contributed by atoms with Crippen LogP contribution in [0, 0.1) is 0 Å². The number of anilines is 1. The van der Waals surface area contributed by atoms with E-state index >= 15 is 0 Å². The molecule has 0 fully saturated rings. The highest BCUT2D eigenvalue weighted by molar-refractivity contribution is 7.89. The molecule has 0 saturated carbocycles. The fourth-order valence-electron chi connectivity index (χ4n) is 3.29. The molecule has 0 saturated heterocycles. The predicted octanol–water partition coefficient (Wildman–Crippen LogP) is 3.45. The van der Waals surface area contributed by atoms with E-state index in [1.807, 2.05) is 37.3 Å². The molecule has 0 spiro atoms. The number of sulfonamides is 1. The van der Waals surface area contributed by atoms with E-state index in [4.69, 9.17) is 4.74 Å². The topological polar surface area (TPSA) is 105 Å². The van der Waals surface area contributed by atoms with E-state index in [0.717, 1.165) is 9.87 Å². The second-order valence-electron chi connectivity index (χ2n) is 7.64. The van der Waals surface area contributed by atoms with Crippen molar-refractivity contribution in [3.8, 4) is 5.75 Å². The maximum absolute atomic E-state index is 12.9. The second kappa shape index (κ2) is 11.0. The van der Waals surface area contributed by atoms with Crippen LogP contribution in [0.15, 0.2) is 83.8 Å². The molecule has 0 aliphatic rings. The molecule has 0 aliphatic carbocycles. The average Bonchev–Trinajstić information content (AvgIpc) is 2.84. The van der Waals surface area contributed by atoms with Crippen LogP contribution in [0.3, 0.4) is 0 Å². The highest BCUT2D eigenvalue weighted by Gasteiger charge is 2.24. The fraction of sp³-hybridized carbons (Fsp3) is 0.200. The van der Waals surface area contributed by atoms with Gasteiger partial charge in [0.15, 0.2) is 0 Å². The number of hydrogen-bond acceptors (Lipinski definition) is 5. The molecule has 0 radical (unpaired) electrons. The van der Waals surface area contributed by atoms with Gasteiger partial charge in [-0.05, 0) is 48.9 Å². The van der Waals surface area contributed by atoms with Crippen LogP contribution in [0.2, 0.25) is 0 Å². The number of ether oxygens (including phenoxy) is 1. The van der Waals surface area contributed by atoms with Gasteiger partial charge in [0.1, 0.15) is 5.75 Å². The molecular weight excluding hydrogens is 454 g/mol. The molecular formula is C25H27N3O5S. The summed E-state index contributed by atoms with van der Waals surface area (Å²) in [5.74, 6) is -0.404. The molecule has 8 nitrogen and oxygen atoms in total. The molecule has 0 aromatic heterocycles. The third-order valence-corrected chi connectivity index (χ3v) is 7.04. The van der Waals surface area contributed by atoms with Crippen molar-refractivity contribution < 1.29 is 22.7 Å². The third kappa shape index (κ3) is 6.00. The first-order chi connectivity index (χ1) is 16.2.